The van der Waals surface area contributed by atoms with Crippen molar-refractivity contribution in [1.82, 2.24) is 14.7 Å². The van der Waals surface area contributed by atoms with Crippen LogP contribution in [0.2, 0.25) is 10.0 Å². The van der Waals surface area contributed by atoms with Crippen molar-refractivity contribution in [2.75, 3.05) is 11.9 Å². The van der Waals surface area contributed by atoms with Crippen LogP contribution in [-0.4, -0.2) is 39.4 Å². The Kier molecular flexibility index (Phi) is 6.14. The maximum Gasteiger partial charge on any atom is 0.410 e. The zero-order valence-electron chi connectivity index (χ0n) is 16.9. The number of amides is 1. The first kappa shape index (κ1) is 22.3. The summed E-state index contributed by atoms with van der Waals surface area (Å²) in [6.45, 7) is 2.61. The second-order valence-electron chi connectivity index (χ2n) is 8.08. The van der Waals surface area contributed by atoms with Gasteiger partial charge in [-0.2, -0.15) is 18.3 Å². The topological polar surface area (TPSA) is 50.2 Å². The van der Waals surface area contributed by atoms with Gasteiger partial charge in [0.05, 0.1) is 16.1 Å². The molecule has 2 aliphatic rings. The van der Waals surface area contributed by atoms with Gasteiger partial charge in [0.15, 0.2) is 11.7 Å². The third-order valence-electron chi connectivity index (χ3n) is 6.11. The van der Waals surface area contributed by atoms with Gasteiger partial charge in [-0.1, -0.05) is 36.2 Å². The van der Waals surface area contributed by atoms with E-state index in [9.17, 15) is 18.0 Å². The fourth-order valence-corrected chi connectivity index (χ4v) is 4.77. The van der Waals surface area contributed by atoms with Crippen LogP contribution in [0.4, 0.5) is 19.0 Å². The van der Waals surface area contributed by atoms with Crippen molar-refractivity contribution in [2.45, 2.75) is 63.3 Å². The Morgan fingerprint density at radius 3 is 2.68 bits per heavy atom. The number of carbonyl (C=O) groups is 1. The van der Waals surface area contributed by atoms with Crippen molar-refractivity contribution < 1.29 is 18.0 Å². The minimum Gasteiger partial charge on any atom is -0.363 e. The van der Waals surface area contributed by atoms with E-state index in [2.05, 4.69) is 10.4 Å². The highest BCUT2D eigenvalue weighted by atomic mass is 35.5. The second kappa shape index (κ2) is 8.54. The number of hydrogen-bond donors (Lipinski definition) is 1. The molecule has 1 N–H and O–H groups in total. The first-order chi connectivity index (χ1) is 14.7. The number of piperidine rings is 1. The maximum atomic E-state index is 13.9. The fourth-order valence-electron chi connectivity index (χ4n) is 4.47. The molecule has 168 valence electrons. The quantitative estimate of drug-likeness (QED) is 0.571. The summed E-state index contributed by atoms with van der Waals surface area (Å²) >= 11 is 12.0. The summed E-state index contributed by atoms with van der Waals surface area (Å²) < 4.78 is 42.6. The van der Waals surface area contributed by atoms with Crippen LogP contribution in [0.15, 0.2) is 24.3 Å². The predicted molar refractivity (Wildman–Crippen MR) is 114 cm³/mol. The highest BCUT2D eigenvalue weighted by Gasteiger charge is 2.47. The lowest BCUT2D eigenvalue weighted by atomic mass is 9.97. The van der Waals surface area contributed by atoms with Crippen molar-refractivity contribution in [3.05, 3.63) is 45.6 Å². The summed E-state index contributed by atoms with van der Waals surface area (Å²) in [4.78, 5) is 14.8. The van der Waals surface area contributed by atoms with E-state index in [4.69, 9.17) is 23.2 Å². The average Bonchev–Trinajstić information content (AvgIpc) is 3.17. The molecule has 5 nitrogen and oxygen atoms in total. The van der Waals surface area contributed by atoms with Crippen molar-refractivity contribution in [1.29, 1.82) is 0 Å². The molecule has 0 bridgehead atoms. The standard InChI is InChI=1S/C21H23Cl2F3N4O/c1-2-13-5-3-4-8-29(13)20(31)17-11-19-27-16(12-6-7-14(22)15(23)9-12)10-18(21(24,25)26)30(19)28-17/h6-7,9,11,13,16,18,27H,2-5,8,10H2,1H3/t13-,16-,18+/m0/s1. The number of nitrogens with one attached hydrogen (secondary N) is 1. The van der Waals surface area contributed by atoms with Gasteiger partial charge in [-0.25, -0.2) is 4.68 Å². The minimum absolute atomic E-state index is 0.0342. The molecule has 0 aliphatic carbocycles. The van der Waals surface area contributed by atoms with Crippen molar-refractivity contribution in [3.8, 4) is 0 Å². The van der Waals surface area contributed by atoms with Crippen LogP contribution in [0.1, 0.15) is 67.2 Å². The highest BCUT2D eigenvalue weighted by molar-refractivity contribution is 6.42. The number of nitrogens with zero attached hydrogens (tertiary/aromatic N) is 3. The summed E-state index contributed by atoms with van der Waals surface area (Å²) in [5.74, 6) is -0.152. The molecule has 1 aromatic carbocycles. The van der Waals surface area contributed by atoms with Crippen LogP contribution in [0.5, 0.6) is 0 Å². The lowest BCUT2D eigenvalue weighted by Crippen LogP contribution is -2.43. The summed E-state index contributed by atoms with van der Waals surface area (Å²) in [5.41, 5.74) is 0.623. The van der Waals surface area contributed by atoms with Crippen molar-refractivity contribution in [2.24, 2.45) is 0 Å². The first-order valence-corrected chi connectivity index (χ1v) is 11.1. The first-order valence-electron chi connectivity index (χ1n) is 10.4. The Morgan fingerprint density at radius 2 is 2.00 bits per heavy atom. The van der Waals surface area contributed by atoms with Gasteiger partial charge in [0, 0.05) is 25.1 Å². The fraction of sp³-hybridized carbons (Fsp3) is 0.524. The molecular formula is C21H23Cl2F3N4O. The lowest BCUT2D eigenvalue weighted by Gasteiger charge is -2.34. The molecule has 1 aromatic heterocycles. The molecule has 2 aliphatic heterocycles. The zero-order valence-corrected chi connectivity index (χ0v) is 18.4. The zero-order chi connectivity index (χ0) is 22.3. The molecular weight excluding hydrogens is 452 g/mol. The van der Waals surface area contributed by atoms with E-state index in [0.29, 0.717) is 17.1 Å². The summed E-state index contributed by atoms with van der Waals surface area (Å²) in [7, 11) is 0. The largest absolute Gasteiger partial charge is 0.410 e. The number of benzene rings is 1. The van der Waals surface area contributed by atoms with Gasteiger partial charge in [0.1, 0.15) is 5.82 Å². The summed E-state index contributed by atoms with van der Waals surface area (Å²) in [6, 6.07) is 3.79. The number of hydrogen-bond acceptors (Lipinski definition) is 3. The second-order valence-corrected chi connectivity index (χ2v) is 8.89. The number of halogens is 5. The summed E-state index contributed by atoms with van der Waals surface area (Å²) in [6.07, 6.45) is -1.15. The molecule has 1 amide bonds. The Bertz CT molecular complexity index is 978. The van der Waals surface area contributed by atoms with Crippen molar-refractivity contribution in [3.63, 3.8) is 0 Å². The molecule has 3 atom stereocenters. The Balaban J connectivity index is 1.67. The number of alkyl halides is 3. The molecule has 1 fully saturated rings. The molecule has 4 rings (SSSR count). The van der Waals surface area contributed by atoms with Gasteiger partial charge >= 0.3 is 6.18 Å². The maximum absolute atomic E-state index is 13.9. The van der Waals surface area contributed by atoms with Crippen LogP contribution >= 0.6 is 23.2 Å². The van der Waals surface area contributed by atoms with Crippen LogP contribution < -0.4 is 5.32 Å². The van der Waals surface area contributed by atoms with Crippen LogP contribution in [0.3, 0.4) is 0 Å². The minimum atomic E-state index is -4.52. The van der Waals surface area contributed by atoms with Gasteiger partial charge in [0.2, 0.25) is 0 Å². The smallest absolute Gasteiger partial charge is 0.363 e. The molecule has 31 heavy (non-hydrogen) atoms. The third kappa shape index (κ3) is 4.37. The molecule has 1 saturated heterocycles. The summed E-state index contributed by atoms with van der Waals surface area (Å²) in [5, 5.41) is 7.80. The van der Waals surface area contributed by atoms with Crippen LogP contribution in [-0.2, 0) is 0 Å². The van der Waals surface area contributed by atoms with Crippen LogP contribution in [0.25, 0.3) is 0 Å². The van der Waals surface area contributed by atoms with E-state index < -0.39 is 18.3 Å². The molecule has 0 saturated carbocycles. The molecule has 0 unspecified atom stereocenters. The van der Waals surface area contributed by atoms with Gasteiger partial charge in [-0.15, -0.1) is 0 Å². The Hall–Kier alpha value is -1.93. The number of fused-ring (bicyclic) bond motifs is 1. The van der Waals surface area contributed by atoms with E-state index in [-0.39, 0.29) is 34.9 Å². The van der Waals surface area contributed by atoms with E-state index >= 15 is 0 Å². The molecule has 2 aromatic rings. The van der Waals surface area contributed by atoms with Crippen LogP contribution in [0, 0.1) is 0 Å². The molecule has 0 spiro atoms. The number of rotatable bonds is 3. The molecule has 3 heterocycles. The van der Waals surface area contributed by atoms with Gasteiger partial charge in [-0.3, -0.25) is 4.79 Å². The van der Waals surface area contributed by atoms with Crippen molar-refractivity contribution >= 4 is 34.9 Å². The van der Waals surface area contributed by atoms with E-state index in [1.165, 1.54) is 6.07 Å². The number of aromatic nitrogens is 2. The SMILES string of the molecule is CC[C@H]1CCCCN1C(=O)c1cc2n(n1)[C@@H](C(F)(F)F)C[C@@H](c1ccc(Cl)c(Cl)c1)N2. The molecule has 0 radical (unpaired) electrons. The monoisotopic (exact) mass is 474 g/mol. The average molecular weight is 475 g/mol. The predicted octanol–water partition coefficient (Wildman–Crippen LogP) is 6.25. The van der Waals surface area contributed by atoms with Gasteiger partial charge in [0.25, 0.3) is 5.91 Å². The van der Waals surface area contributed by atoms with E-state index in [1.54, 1.807) is 23.1 Å². The molecule has 10 heteroatoms. The highest BCUT2D eigenvalue weighted by Crippen LogP contribution is 2.44. The lowest BCUT2D eigenvalue weighted by molar-refractivity contribution is -0.173. The Labute approximate surface area is 188 Å². The van der Waals surface area contributed by atoms with E-state index in [1.807, 2.05) is 6.92 Å². The number of anilines is 1. The van der Waals surface area contributed by atoms with E-state index in [0.717, 1.165) is 30.4 Å². The number of carbonyl (C=O) groups excluding carboxylic acids is 1. The Morgan fingerprint density at radius 1 is 1.23 bits per heavy atom. The normalized spacial score (nSPS) is 23.9. The number of likely N-dealkylation sites (tertiary alicyclic amines) is 1. The van der Waals surface area contributed by atoms with Gasteiger partial charge in [-0.05, 0) is 43.4 Å². The third-order valence-corrected chi connectivity index (χ3v) is 6.85. The van der Waals surface area contributed by atoms with Gasteiger partial charge < -0.3 is 10.2 Å².